The molecule has 0 bridgehead atoms. The lowest BCUT2D eigenvalue weighted by atomic mass is 10.1. The summed E-state index contributed by atoms with van der Waals surface area (Å²) in [7, 11) is 0. The molecule has 0 heterocycles. The molecule has 0 saturated heterocycles. The van der Waals surface area contributed by atoms with Crippen LogP contribution in [-0.2, 0) is 19.1 Å². The number of carbonyl (C=O) groups excluding carboxylic acids is 2. The van der Waals surface area contributed by atoms with E-state index in [1.54, 1.807) is 39.8 Å². The van der Waals surface area contributed by atoms with Crippen LogP contribution in [0.2, 0.25) is 0 Å². The van der Waals surface area contributed by atoms with Crippen LogP contribution in [-0.4, -0.2) is 25.2 Å². The predicted octanol–water partition coefficient (Wildman–Crippen LogP) is 2.40. The zero-order valence-electron chi connectivity index (χ0n) is 10.9. The highest BCUT2D eigenvalue weighted by atomic mass is 16.5. The topological polar surface area (TPSA) is 52.6 Å². The molecule has 0 aromatic carbocycles. The Hall–Kier alpha value is -1.58. The van der Waals surface area contributed by atoms with Crippen molar-refractivity contribution in [3.8, 4) is 0 Å². The number of esters is 2. The number of hydrogen-bond donors (Lipinski definition) is 0. The van der Waals surface area contributed by atoms with Gasteiger partial charge in [-0.15, -0.1) is 0 Å². The highest BCUT2D eigenvalue weighted by molar-refractivity contribution is 6.02. The lowest BCUT2D eigenvalue weighted by Crippen LogP contribution is -2.15. The minimum absolute atomic E-state index is 0.273. The van der Waals surface area contributed by atoms with Crippen molar-refractivity contribution < 1.29 is 19.1 Å². The van der Waals surface area contributed by atoms with Gasteiger partial charge in [0.1, 0.15) is 0 Å². The van der Waals surface area contributed by atoms with Crippen molar-refractivity contribution >= 4 is 11.9 Å². The molecule has 4 nitrogen and oxygen atoms in total. The van der Waals surface area contributed by atoms with E-state index in [1.807, 2.05) is 0 Å². The Morgan fingerprint density at radius 2 is 1.53 bits per heavy atom. The zero-order valence-corrected chi connectivity index (χ0v) is 10.9. The molecule has 0 aliphatic rings. The minimum Gasteiger partial charge on any atom is -0.463 e. The van der Waals surface area contributed by atoms with Crippen LogP contribution >= 0.6 is 0 Å². The molecule has 0 N–H and O–H groups in total. The zero-order chi connectivity index (χ0) is 13.3. The SMILES string of the molecule is C/C=C\C(C(=O)OCC)=C(/CC)C(=O)OCC. The first-order valence-electron chi connectivity index (χ1n) is 5.82. The predicted molar refractivity (Wildman–Crippen MR) is 65.4 cm³/mol. The Morgan fingerprint density at radius 3 is 1.94 bits per heavy atom. The van der Waals surface area contributed by atoms with Crippen molar-refractivity contribution in [2.75, 3.05) is 13.2 Å². The highest BCUT2D eigenvalue weighted by Gasteiger charge is 2.19. The molecular formula is C13H20O4. The molecule has 0 atom stereocenters. The van der Waals surface area contributed by atoms with Gasteiger partial charge in [0.2, 0.25) is 0 Å². The van der Waals surface area contributed by atoms with E-state index in [0.717, 1.165) is 0 Å². The Bertz CT molecular complexity index is 326. The first-order chi connectivity index (χ1) is 8.12. The molecule has 96 valence electrons. The molecule has 0 aliphatic heterocycles. The summed E-state index contributed by atoms with van der Waals surface area (Å²) in [5, 5.41) is 0. The molecular weight excluding hydrogens is 220 g/mol. The average molecular weight is 240 g/mol. The molecule has 0 amide bonds. The summed E-state index contributed by atoms with van der Waals surface area (Å²) in [6, 6.07) is 0. The number of rotatable bonds is 6. The van der Waals surface area contributed by atoms with Gasteiger partial charge in [-0.25, -0.2) is 9.59 Å². The van der Waals surface area contributed by atoms with E-state index in [2.05, 4.69) is 0 Å². The van der Waals surface area contributed by atoms with Crippen molar-refractivity contribution in [1.82, 2.24) is 0 Å². The molecule has 4 heteroatoms. The van der Waals surface area contributed by atoms with Crippen LogP contribution < -0.4 is 0 Å². The fraction of sp³-hybridized carbons (Fsp3) is 0.538. The second-order valence-corrected chi connectivity index (χ2v) is 3.19. The summed E-state index contributed by atoms with van der Waals surface area (Å²) in [5.74, 6) is -0.952. The lowest BCUT2D eigenvalue weighted by molar-refractivity contribution is -0.141. The molecule has 17 heavy (non-hydrogen) atoms. The van der Waals surface area contributed by atoms with E-state index in [-0.39, 0.29) is 18.8 Å². The molecule has 0 saturated carbocycles. The number of carbonyl (C=O) groups is 2. The third-order valence-corrected chi connectivity index (χ3v) is 2.03. The van der Waals surface area contributed by atoms with Gasteiger partial charge < -0.3 is 9.47 Å². The van der Waals surface area contributed by atoms with E-state index >= 15 is 0 Å². The van der Waals surface area contributed by atoms with Gasteiger partial charge in [-0.05, 0) is 27.2 Å². The van der Waals surface area contributed by atoms with Crippen molar-refractivity contribution in [1.29, 1.82) is 0 Å². The molecule has 0 aromatic heterocycles. The van der Waals surface area contributed by atoms with Gasteiger partial charge in [-0.3, -0.25) is 0 Å². The number of hydrogen-bond acceptors (Lipinski definition) is 4. The van der Waals surface area contributed by atoms with E-state index in [9.17, 15) is 9.59 Å². The quantitative estimate of drug-likeness (QED) is 0.406. The largest absolute Gasteiger partial charge is 0.463 e. The molecule has 0 aromatic rings. The molecule has 0 spiro atoms. The first kappa shape index (κ1) is 15.4. The van der Waals surface area contributed by atoms with Gasteiger partial charge >= 0.3 is 11.9 Å². The molecule has 0 radical (unpaired) electrons. The van der Waals surface area contributed by atoms with Crippen LogP contribution in [0.1, 0.15) is 34.1 Å². The van der Waals surface area contributed by atoms with Gasteiger partial charge in [-0.1, -0.05) is 19.1 Å². The average Bonchev–Trinajstić information content (AvgIpc) is 2.29. The van der Waals surface area contributed by atoms with Crippen LogP contribution in [0, 0.1) is 0 Å². The fourth-order valence-corrected chi connectivity index (χ4v) is 1.33. The number of ether oxygens (including phenoxy) is 2. The Kier molecular flexibility index (Phi) is 7.76. The highest BCUT2D eigenvalue weighted by Crippen LogP contribution is 2.14. The monoisotopic (exact) mass is 240 g/mol. The summed E-state index contributed by atoms with van der Waals surface area (Å²) in [5.41, 5.74) is 0.624. The first-order valence-corrected chi connectivity index (χ1v) is 5.82. The van der Waals surface area contributed by atoms with Crippen LogP contribution in [0.3, 0.4) is 0 Å². The normalized spacial score (nSPS) is 12.2. The molecule has 0 aliphatic carbocycles. The minimum atomic E-state index is -0.490. The van der Waals surface area contributed by atoms with E-state index in [0.29, 0.717) is 12.0 Å². The Balaban J connectivity index is 5.30. The van der Waals surface area contributed by atoms with Gasteiger partial charge in [0.15, 0.2) is 0 Å². The summed E-state index contributed by atoms with van der Waals surface area (Å²) in [4.78, 5) is 23.4. The Morgan fingerprint density at radius 1 is 1.00 bits per heavy atom. The second kappa shape index (κ2) is 8.56. The van der Waals surface area contributed by atoms with Gasteiger partial charge in [0, 0.05) is 0 Å². The van der Waals surface area contributed by atoms with Crippen molar-refractivity contribution in [3.05, 3.63) is 23.3 Å². The number of allylic oxidation sites excluding steroid dienone is 1. The van der Waals surface area contributed by atoms with Gasteiger partial charge in [0.25, 0.3) is 0 Å². The fourth-order valence-electron chi connectivity index (χ4n) is 1.33. The summed E-state index contributed by atoms with van der Waals surface area (Å²) >= 11 is 0. The summed E-state index contributed by atoms with van der Waals surface area (Å²) in [6.45, 7) is 7.59. The smallest absolute Gasteiger partial charge is 0.338 e. The standard InChI is InChI=1S/C13H20O4/c1-5-9-11(13(15)17-8-4)10(6-2)12(14)16-7-3/h5,9H,6-8H2,1-4H3/b9-5-,11-10-. The van der Waals surface area contributed by atoms with Gasteiger partial charge in [0.05, 0.1) is 24.4 Å². The van der Waals surface area contributed by atoms with Crippen LogP contribution in [0.15, 0.2) is 23.3 Å². The summed E-state index contributed by atoms with van der Waals surface area (Å²) < 4.78 is 9.82. The van der Waals surface area contributed by atoms with Crippen molar-refractivity contribution in [2.24, 2.45) is 0 Å². The molecule has 0 unspecified atom stereocenters. The molecule has 0 fully saturated rings. The summed E-state index contributed by atoms with van der Waals surface area (Å²) in [6.07, 6.45) is 3.70. The maximum Gasteiger partial charge on any atom is 0.338 e. The van der Waals surface area contributed by atoms with Gasteiger partial charge in [-0.2, -0.15) is 0 Å². The maximum atomic E-state index is 11.7. The maximum absolute atomic E-state index is 11.7. The van der Waals surface area contributed by atoms with Crippen LogP contribution in [0.5, 0.6) is 0 Å². The van der Waals surface area contributed by atoms with E-state index in [1.165, 1.54) is 0 Å². The lowest BCUT2D eigenvalue weighted by Gasteiger charge is -2.09. The van der Waals surface area contributed by atoms with E-state index < -0.39 is 11.9 Å². The van der Waals surface area contributed by atoms with Crippen molar-refractivity contribution in [2.45, 2.75) is 34.1 Å². The third kappa shape index (κ3) is 4.85. The van der Waals surface area contributed by atoms with Crippen molar-refractivity contribution in [3.63, 3.8) is 0 Å². The third-order valence-electron chi connectivity index (χ3n) is 2.03. The second-order valence-electron chi connectivity index (χ2n) is 3.19. The van der Waals surface area contributed by atoms with E-state index in [4.69, 9.17) is 9.47 Å². The van der Waals surface area contributed by atoms with Crippen LogP contribution in [0.25, 0.3) is 0 Å². The molecule has 0 rings (SSSR count). The Labute approximate surface area is 102 Å². The van der Waals surface area contributed by atoms with Crippen LogP contribution in [0.4, 0.5) is 0 Å².